The maximum absolute atomic E-state index is 8.87. The fourth-order valence-corrected chi connectivity index (χ4v) is 0.799. The van der Waals surface area contributed by atoms with E-state index in [1.165, 1.54) is 0 Å². The lowest BCUT2D eigenvalue weighted by molar-refractivity contribution is 0.186. The van der Waals surface area contributed by atoms with Gasteiger partial charge in [0.05, 0.1) is 12.2 Å². The summed E-state index contributed by atoms with van der Waals surface area (Å²) in [6.07, 6.45) is -0.580. The lowest BCUT2D eigenvalue weighted by Crippen LogP contribution is -2.34. The van der Waals surface area contributed by atoms with Crippen molar-refractivity contribution in [3.8, 4) is 0 Å². The summed E-state index contributed by atoms with van der Waals surface area (Å²) in [7, 11) is 0. The molecule has 4 nitrogen and oxygen atoms in total. The molecule has 0 radical (unpaired) electrons. The lowest BCUT2D eigenvalue weighted by Gasteiger charge is -2.08. The zero-order valence-electron chi connectivity index (χ0n) is 7.88. The molecule has 0 amide bonds. The Morgan fingerprint density at radius 3 is 1.50 bits per heavy atom. The maximum Gasteiger partial charge on any atom is 0.0636 e. The average Bonchev–Trinajstić information content (AvgIpc) is 1.95. The summed E-state index contributed by atoms with van der Waals surface area (Å²) in [5.41, 5.74) is 0. The van der Waals surface area contributed by atoms with Crippen molar-refractivity contribution in [3.63, 3.8) is 0 Å². The molecule has 0 bridgehead atoms. The van der Waals surface area contributed by atoms with Crippen LogP contribution >= 0.6 is 0 Å². The number of rotatable bonds is 7. The van der Waals surface area contributed by atoms with Gasteiger partial charge in [0.15, 0.2) is 0 Å². The van der Waals surface area contributed by atoms with Crippen LogP contribution < -0.4 is 10.6 Å². The predicted octanol–water partition coefficient (Wildman–Crippen LogP) is -1.07. The molecule has 0 saturated carbocycles. The van der Waals surface area contributed by atoms with E-state index in [0.29, 0.717) is 13.1 Å². The highest BCUT2D eigenvalue weighted by Crippen LogP contribution is 1.75. The molecule has 2 unspecified atom stereocenters. The van der Waals surface area contributed by atoms with Gasteiger partial charge < -0.3 is 20.8 Å². The van der Waals surface area contributed by atoms with E-state index >= 15 is 0 Å². The van der Waals surface area contributed by atoms with Crippen LogP contribution in [0.1, 0.15) is 13.8 Å². The van der Waals surface area contributed by atoms with E-state index in [-0.39, 0.29) is 12.2 Å². The molecule has 0 saturated heterocycles. The summed E-state index contributed by atoms with van der Waals surface area (Å²) >= 11 is 0. The van der Waals surface area contributed by atoms with Gasteiger partial charge in [0.25, 0.3) is 0 Å². The van der Waals surface area contributed by atoms with Crippen LogP contribution in [-0.2, 0) is 0 Å². The molecule has 0 aliphatic carbocycles. The monoisotopic (exact) mass is 176 g/mol. The molecule has 0 aliphatic heterocycles. The van der Waals surface area contributed by atoms with Crippen molar-refractivity contribution in [1.82, 2.24) is 10.6 Å². The van der Waals surface area contributed by atoms with Crippen LogP contribution in [0, 0.1) is 0 Å². The third-order valence-corrected chi connectivity index (χ3v) is 1.36. The second kappa shape index (κ2) is 7.49. The van der Waals surface area contributed by atoms with Crippen LogP contribution in [0.2, 0.25) is 0 Å². The van der Waals surface area contributed by atoms with Crippen LogP contribution in [-0.4, -0.2) is 48.6 Å². The number of nitrogens with one attached hydrogen (secondary N) is 2. The van der Waals surface area contributed by atoms with Crippen molar-refractivity contribution in [2.45, 2.75) is 26.1 Å². The van der Waals surface area contributed by atoms with Gasteiger partial charge in [0.2, 0.25) is 0 Å². The van der Waals surface area contributed by atoms with Crippen molar-refractivity contribution in [2.24, 2.45) is 0 Å². The van der Waals surface area contributed by atoms with E-state index < -0.39 is 0 Å². The van der Waals surface area contributed by atoms with Gasteiger partial charge in [0, 0.05) is 26.2 Å². The summed E-state index contributed by atoms with van der Waals surface area (Å²) in [4.78, 5) is 0. The maximum atomic E-state index is 8.87. The summed E-state index contributed by atoms with van der Waals surface area (Å²) in [5, 5.41) is 23.9. The minimum atomic E-state index is -0.290. The molecule has 4 N–H and O–H groups in total. The molecule has 0 heterocycles. The van der Waals surface area contributed by atoms with Gasteiger partial charge >= 0.3 is 0 Å². The molecule has 2 atom stereocenters. The molecular weight excluding hydrogens is 156 g/mol. The summed E-state index contributed by atoms with van der Waals surface area (Å²) in [6.45, 7) is 6.37. The Balaban J connectivity index is 2.91. The molecule has 0 aromatic rings. The Hall–Kier alpha value is -0.160. The van der Waals surface area contributed by atoms with Gasteiger partial charge in [-0.1, -0.05) is 0 Å². The highest BCUT2D eigenvalue weighted by Gasteiger charge is 1.95. The normalized spacial score (nSPS) is 16.0. The van der Waals surface area contributed by atoms with Gasteiger partial charge in [-0.05, 0) is 13.8 Å². The van der Waals surface area contributed by atoms with Gasteiger partial charge in [-0.2, -0.15) is 0 Å². The van der Waals surface area contributed by atoms with Crippen LogP contribution in [0.4, 0.5) is 0 Å². The number of aliphatic hydroxyl groups is 2. The Morgan fingerprint density at radius 1 is 0.917 bits per heavy atom. The third kappa shape index (κ3) is 9.84. The topological polar surface area (TPSA) is 64.5 Å². The fourth-order valence-electron chi connectivity index (χ4n) is 0.799. The SMILES string of the molecule is CC(O)CNCCNCC(C)O. The number of hydrogen-bond acceptors (Lipinski definition) is 4. The highest BCUT2D eigenvalue weighted by atomic mass is 16.3. The van der Waals surface area contributed by atoms with Crippen molar-refractivity contribution in [2.75, 3.05) is 26.2 Å². The molecule has 74 valence electrons. The Kier molecular flexibility index (Phi) is 7.39. The van der Waals surface area contributed by atoms with Crippen molar-refractivity contribution < 1.29 is 10.2 Å². The van der Waals surface area contributed by atoms with Crippen LogP contribution in [0.3, 0.4) is 0 Å². The fraction of sp³-hybridized carbons (Fsp3) is 1.00. The average molecular weight is 176 g/mol. The van der Waals surface area contributed by atoms with E-state index in [0.717, 1.165) is 13.1 Å². The summed E-state index contributed by atoms with van der Waals surface area (Å²) < 4.78 is 0. The Morgan fingerprint density at radius 2 is 1.25 bits per heavy atom. The number of aliphatic hydroxyl groups excluding tert-OH is 2. The first-order valence-electron chi connectivity index (χ1n) is 4.40. The summed E-state index contributed by atoms with van der Waals surface area (Å²) in [6, 6.07) is 0. The van der Waals surface area contributed by atoms with Crippen LogP contribution in [0.25, 0.3) is 0 Å². The predicted molar refractivity (Wildman–Crippen MR) is 49.1 cm³/mol. The number of hydrogen-bond donors (Lipinski definition) is 4. The van der Waals surface area contributed by atoms with E-state index in [9.17, 15) is 0 Å². The van der Waals surface area contributed by atoms with Crippen molar-refractivity contribution in [3.05, 3.63) is 0 Å². The molecule has 4 heteroatoms. The van der Waals surface area contributed by atoms with Crippen molar-refractivity contribution >= 4 is 0 Å². The third-order valence-electron chi connectivity index (χ3n) is 1.36. The largest absolute Gasteiger partial charge is 0.392 e. The van der Waals surface area contributed by atoms with Gasteiger partial charge in [0.1, 0.15) is 0 Å². The van der Waals surface area contributed by atoms with Crippen LogP contribution in [0.5, 0.6) is 0 Å². The lowest BCUT2D eigenvalue weighted by atomic mass is 10.4. The standard InChI is InChI=1S/C8H20N2O2/c1-7(11)5-9-3-4-10-6-8(2)12/h7-12H,3-6H2,1-2H3. The molecular formula is C8H20N2O2. The van der Waals surface area contributed by atoms with Gasteiger partial charge in [-0.15, -0.1) is 0 Å². The Labute approximate surface area is 74.0 Å². The smallest absolute Gasteiger partial charge is 0.0636 e. The molecule has 12 heavy (non-hydrogen) atoms. The van der Waals surface area contributed by atoms with E-state index in [1.807, 2.05) is 0 Å². The zero-order valence-corrected chi connectivity index (χ0v) is 7.88. The molecule has 0 fully saturated rings. The first-order chi connectivity index (χ1) is 5.63. The second-order valence-corrected chi connectivity index (χ2v) is 3.11. The van der Waals surface area contributed by atoms with E-state index in [1.54, 1.807) is 13.8 Å². The van der Waals surface area contributed by atoms with E-state index in [2.05, 4.69) is 10.6 Å². The zero-order chi connectivity index (χ0) is 9.40. The Bertz CT molecular complexity index is 85.1. The molecule has 0 aliphatic rings. The highest BCUT2D eigenvalue weighted by molar-refractivity contribution is 4.57. The second-order valence-electron chi connectivity index (χ2n) is 3.11. The first kappa shape index (κ1) is 11.8. The van der Waals surface area contributed by atoms with Gasteiger partial charge in [-0.3, -0.25) is 0 Å². The molecule has 0 aromatic carbocycles. The molecule has 0 aromatic heterocycles. The molecule has 0 rings (SSSR count). The molecule has 0 spiro atoms. The minimum absolute atomic E-state index is 0.290. The van der Waals surface area contributed by atoms with Crippen molar-refractivity contribution in [1.29, 1.82) is 0 Å². The summed E-state index contributed by atoms with van der Waals surface area (Å²) in [5.74, 6) is 0. The quantitative estimate of drug-likeness (QED) is 0.373. The first-order valence-corrected chi connectivity index (χ1v) is 4.40. The van der Waals surface area contributed by atoms with Crippen LogP contribution in [0.15, 0.2) is 0 Å². The van der Waals surface area contributed by atoms with Gasteiger partial charge in [-0.25, -0.2) is 0 Å². The minimum Gasteiger partial charge on any atom is -0.392 e. The van der Waals surface area contributed by atoms with E-state index in [4.69, 9.17) is 10.2 Å².